The van der Waals surface area contributed by atoms with E-state index >= 15 is 0 Å². The van der Waals surface area contributed by atoms with E-state index in [9.17, 15) is 19.5 Å². The van der Waals surface area contributed by atoms with Gasteiger partial charge in [0.05, 0.1) is 17.7 Å². The van der Waals surface area contributed by atoms with Crippen molar-refractivity contribution in [2.45, 2.75) is 38.8 Å². The predicted octanol–water partition coefficient (Wildman–Crippen LogP) is 0.978. The first kappa shape index (κ1) is 16.6. The van der Waals surface area contributed by atoms with E-state index in [2.05, 4.69) is 4.98 Å². The quantitative estimate of drug-likeness (QED) is 0.831. The summed E-state index contributed by atoms with van der Waals surface area (Å²) in [5.74, 6) is -2.38. The molecule has 0 spiro atoms. The molecule has 0 bridgehead atoms. The average molecular weight is 354 g/mol. The van der Waals surface area contributed by atoms with Crippen LogP contribution in [0.15, 0.2) is 24.3 Å². The number of carboxylic acid groups (broad SMARTS) is 1. The number of benzene rings is 1. The van der Waals surface area contributed by atoms with Crippen LogP contribution in [0.3, 0.4) is 0 Å². The monoisotopic (exact) mass is 354 g/mol. The minimum absolute atomic E-state index is 0.365. The Bertz CT molecular complexity index is 947. The van der Waals surface area contributed by atoms with E-state index in [-0.39, 0.29) is 0 Å². The van der Waals surface area contributed by atoms with Crippen LogP contribution >= 0.6 is 0 Å². The Kier molecular flexibility index (Phi) is 3.41. The number of carbonyl (C=O) groups is 3. The fourth-order valence-electron chi connectivity index (χ4n) is 4.34. The number of carbonyl (C=O) groups excluding carboxylic acids is 3. The highest BCUT2D eigenvalue weighted by Crippen LogP contribution is 2.44. The lowest BCUT2D eigenvalue weighted by Crippen LogP contribution is -2.54. The van der Waals surface area contributed by atoms with Gasteiger partial charge in [0, 0.05) is 17.4 Å². The molecule has 7 heteroatoms. The van der Waals surface area contributed by atoms with Gasteiger partial charge in [-0.05, 0) is 30.9 Å². The van der Waals surface area contributed by atoms with Crippen molar-refractivity contribution in [3.8, 4) is 0 Å². The van der Waals surface area contributed by atoms with Crippen LogP contribution in [0.25, 0.3) is 10.9 Å². The molecule has 3 heterocycles. The Labute approximate surface area is 150 Å². The summed E-state index contributed by atoms with van der Waals surface area (Å²) in [5.41, 5.74) is 1.36. The van der Waals surface area contributed by atoms with Crippen LogP contribution < -0.4 is 5.11 Å². The molecular formula is C19H20N3O4-. The van der Waals surface area contributed by atoms with E-state index in [1.165, 1.54) is 4.90 Å². The van der Waals surface area contributed by atoms with Gasteiger partial charge in [0.1, 0.15) is 0 Å². The zero-order valence-electron chi connectivity index (χ0n) is 14.9. The number of para-hydroxylation sites is 1. The highest BCUT2D eigenvalue weighted by molar-refractivity contribution is 6.10. The zero-order chi connectivity index (χ0) is 18.8. The SMILES string of the molecule is CC(C)[C@@H](C(=O)[O-])N1C(=O)N2CCc3c([nH]c4ccccc34)[C@@]2(C)C1=O. The first-order valence-corrected chi connectivity index (χ1v) is 8.74. The smallest absolute Gasteiger partial charge is 0.328 e. The maximum Gasteiger partial charge on any atom is 0.328 e. The standard InChI is InChI=1S/C19H21N3O4/c1-10(2)14(16(23)24)22-17(25)19(3)15-12(8-9-21(19)18(22)26)11-6-4-5-7-13(11)20-15/h4-7,10,14,20H,8-9H2,1-3H3,(H,23,24)/p-1/t14-,19-/m0/s1. The Morgan fingerprint density at radius 2 is 1.96 bits per heavy atom. The number of amides is 3. The third-order valence-corrected chi connectivity index (χ3v) is 5.65. The summed E-state index contributed by atoms with van der Waals surface area (Å²) >= 11 is 0. The Morgan fingerprint density at radius 1 is 1.27 bits per heavy atom. The molecule has 26 heavy (non-hydrogen) atoms. The van der Waals surface area contributed by atoms with Crippen molar-refractivity contribution in [2.75, 3.05) is 6.54 Å². The molecule has 0 unspecified atom stereocenters. The molecule has 0 aliphatic carbocycles. The van der Waals surface area contributed by atoms with Gasteiger partial charge >= 0.3 is 6.03 Å². The van der Waals surface area contributed by atoms with Crippen molar-refractivity contribution in [3.05, 3.63) is 35.5 Å². The van der Waals surface area contributed by atoms with Crippen molar-refractivity contribution in [3.63, 3.8) is 0 Å². The van der Waals surface area contributed by atoms with Crippen LogP contribution in [0.2, 0.25) is 0 Å². The first-order chi connectivity index (χ1) is 12.3. The summed E-state index contributed by atoms with van der Waals surface area (Å²) in [6.45, 7) is 5.38. The summed E-state index contributed by atoms with van der Waals surface area (Å²) in [6.07, 6.45) is 0.611. The number of aromatic nitrogens is 1. The molecule has 1 saturated heterocycles. The molecule has 3 amide bonds. The number of rotatable bonds is 3. The van der Waals surface area contributed by atoms with Crippen LogP contribution in [-0.2, 0) is 21.5 Å². The van der Waals surface area contributed by atoms with Crippen LogP contribution in [0, 0.1) is 5.92 Å². The third kappa shape index (κ3) is 1.91. The fourth-order valence-corrected chi connectivity index (χ4v) is 4.34. The molecule has 2 aliphatic heterocycles. The Hall–Kier alpha value is -2.83. The van der Waals surface area contributed by atoms with Crippen LogP contribution in [0.1, 0.15) is 32.0 Å². The largest absolute Gasteiger partial charge is 0.548 e. The molecule has 2 atom stereocenters. The van der Waals surface area contributed by atoms with Crippen LogP contribution in [-0.4, -0.2) is 45.3 Å². The molecule has 4 rings (SSSR count). The molecule has 136 valence electrons. The lowest BCUT2D eigenvalue weighted by atomic mass is 9.86. The summed E-state index contributed by atoms with van der Waals surface area (Å²) in [7, 11) is 0. The number of H-pyrrole nitrogens is 1. The van der Waals surface area contributed by atoms with E-state index < -0.39 is 35.4 Å². The average Bonchev–Trinajstić information content (AvgIpc) is 3.05. The molecule has 1 aromatic heterocycles. The van der Waals surface area contributed by atoms with Gasteiger partial charge in [-0.3, -0.25) is 9.69 Å². The van der Waals surface area contributed by atoms with Gasteiger partial charge in [-0.2, -0.15) is 0 Å². The van der Waals surface area contributed by atoms with Gasteiger partial charge in [-0.1, -0.05) is 32.0 Å². The molecule has 2 aliphatic rings. The van der Waals surface area contributed by atoms with Gasteiger partial charge in [0.15, 0.2) is 5.54 Å². The molecule has 0 radical (unpaired) electrons. The highest BCUT2D eigenvalue weighted by atomic mass is 16.4. The number of hydrogen-bond donors (Lipinski definition) is 1. The zero-order valence-corrected chi connectivity index (χ0v) is 14.9. The number of nitrogens with one attached hydrogen (secondary N) is 1. The van der Waals surface area contributed by atoms with Crippen LogP contribution in [0.4, 0.5) is 4.79 Å². The van der Waals surface area contributed by atoms with E-state index in [4.69, 9.17) is 0 Å². The second-order valence-corrected chi connectivity index (χ2v) is 7.46. The predicted molar refractivity (Wildman–Crippen MR) is 91.9 cm³/mol. The van der Waals surface area contributed by atoms with Crippen molar-refractivity contribution >= 4 is 28.8 Å². The minimum Gasteiger partial charge on any atom is -0.548 e. The number of imide groups is 1. The summed E-state index contributed by atoms with van der Waals surface area (Å²) in [6, 6.07) is 5.90. The fraction of sp³-hybridized carbons (Fsp3) is 0.421. The second kappa shape index (κ2) is 5.33. The third-order valence-electron chi connectivity index (χ3n) is 5.65. The van der Waals surface area contributed by atoms with E-state index in [0.717, 1.165) is 21.4 Å². The molecule has 1 aromatic carbocycles. The second-order valence-electron chi connectivity index (χ2n) is 7.46. The maximum atomic E-state index is 13.3. The number of nitrogens with zero attached hydrogens (tertiary/aromatic N) is 2. The van der Waals surface area contributed by atoms with Crippen molar-refractivity contribution in [2.24, 2.45) is 5.92 Å². The molecule has 7 nitrogen and oxygen atoms in total. The number of urea groups is 1. The topological polar surface area (TPSA) is 96.5 Å². The number of fused-ring (bicyclic) bond motifs is 5. The Morgan fingerprint density at radius 3 is 2.62 bits per heavy atom. The van der Waals surface area contributed by atoms with Gasteiger partial charge in [0.25, 0.3) is 5.91 Å². The van der Waals surface area contributed by atoms with Crippen molar-refractivity contribution in [1.29, 1.82) is 0 Å². The van der Waals surface area contributed by atoms with Gasteiger partial charge < -0.3 is 19.8 Å². The molecule has 1 N–H and O–H groups in total. The van der Waals surface area contributed by atoms with Crippen molar-refractivity contribution < 1.29 is 19.5 Å². The highest BCUT2D eigenvalue weighted by Gasteiger charge is 2.60. The molecule has 0 saturated carbocycles. The minimum atomic E-state index is -1.41. The van der Waals surface area contributed by atoms with Crippen molar-refractivity contribution in [1.82, 2.24) is 14.8 Å². The lowest BCUT2D eigenvalue weighted by molar-refractivity contribution is -0.311. The number of carboxylic acids is 1. The summed E-state index contributed by atoms with van der Waals surface area (Å²) in [5, 5.41) is 12.7. The van der Waals surface area contributed by atoms with E-state index in [1.807, 2.05) is 24.3 Å². The van der Waals surface area contributed by atoms with Gasteiger partial charge in [0.2, 0.25) is 0 Å². The molecular weight excluding hydrogens is 334 g/mol. The van der Waals surface area contributed by atoms with Crippen LogP contribution in [0.5, 0.6) is 0 Å². The lowest BCUT2D eigenvalue weighted by Gasteiger charge is -2.36. The number of aliphatic carboxylic acids is 1. The van der Waals surface area contributed by atoms with E-state index in [1.54, 1.807) is 20.8 Å². The maximum absolute atomic E-state index is 13.3. The Balaban J connectivity index is 1.89. The normalized spacial score (nSPS) is 23.5. The van der Waals surface area contributed by atoms with Gasteiger partial charge in [-0.25, -0.2) is 4.79 Å². The number of aromatic amines is 1. The number of hydrogen-bond acceptors (Lipinski definition) is 4. The molecule has 2 aromatic rings. The molecule has 1 fully saturated rings. The summed E-state index contributed by atoms with van der Waals surface area (Å²) in [4.78, 5) is 43.5. The van der Waals surface area contributed by atoms with E-state index in [0.29, 0.717) is 18.7 Å². The van der Waals surface area contributed by atoms with Gasteiger partial charge in [-0.15, -0.1) is 0 Å². The summed E-state index contributed by atoms with van der Waals surface area (Å²) < 4.78 is 0. The first-order valence-electron chi connectivity index (χ1n) is 8.74.